The van der Waals surface area contributed by atoms with Gasteiger partial charge in [0.1, 0.15) is 6.04 Å². The van der Waals surface area contributed by atoms with E-state index in [0.29, 0.717) is 37.5 Å². The number of carbonyl (C=O) groups excluding carboxylic acids is 1. The zero-order valence-electron chi connectivity index (χ0n) is 14.6. The van der Waals surface area contributed by atoms with Crippen molar-refractivity contribution in [2.24, 2.45) is 5.92 Å². The Hall–Kier alpha value is -2.21. The van der Waals surface area contributed by atoms with Crippen molar-refractivity contribution in [1.82, 2.24) is 15.1 Å². The Morgan fingerprint density at radius 1 is 1.24 bits per heavy atom. The smallest absolute Gasteiger partial charge is 0.241 e. The average Bonchev–Trinajstić information content (AvgIpc) is 3.29. The van der Waals surface area contributed by atoms with E-state index in [-0.39, 0.29) is 23.8 Å². The molecule has 0 radical (unpaired) electrons. The third-order valence-electron chi connectivity index (χ3n) is 4.98. The van der Waals surface area contributed by atoms with Crippen molar-refractivity contribution in [1.29, 1.82) is 0 Å². The third-order valence-corrected chi connectivity index (χ3v) is 4.98. The Kier molecular flexibility index (Phi) is 4.29. The minimum atomic E-state index is -0.279. The molecular weight excluding hydrogens is 318 g/mol. The first-order valence-corrected chi connectivity index (χ1v) is 8.91. The summed E-state index contributed by atoms with van der Waals surface area (Å²) in [6, 6.07) is 9.97. The summed E-state index contributed by atoms with van der Waals surface area (Å²) in [5.74, 6) is 1.80. The van der Waals surface area contributed by atoms with Crippen LogP contribution >= 0.6 is 0 Å². The lowest BCUT2D eigenvalue weighted by atomic mass is 10.1. The van der Waals surface area contributed by atoms with Gasteiger partial charge in [0, 0.05) is 18.4 Å². The fourth-order valence-electron chi connectivity index (χ4n) is 3.44. The van der Waals surface area contributed by atoms with Gasteiger partial charge in [-0.2, -0.15) is 0 Å². The summed E-state index contributed by atoms with van der Waals surface area (Å²) in [5, 5.41) is 8.26. The lowest BCUT2D eigenvalue weighted by molar-refractivity contribution is -0.142. The van der Waals surface area contributed by atoms with E-state index < -0.39 is 0 Å². The standard InChI is InChI=1S/C19H23N3O3/c1-12(2)17-20-21-18(25-17)16-11-24-9-8-22(16)19(23)15-10-14(15)13-6-4-3-5-7-13/h3-7,12,14-16H,8-11H2,1-2H3/t14-,15-,16+/m1/s1. The highest BCUT2D eigenvalue weighted by Gasteiger charge is 2.48. The van der Waals surface area contributed by atoms with E-state index >= 15 is 0 Å². The summed E-state index contributed by atoms with van der Waals surface area (Å²) in [7, 11) is 0. The van der Waals surface area contributed by atoms with E-state index in [1.807, 2.05) is 36.9 Å². The molecule has 2 aromatic rings. The lowest BCUT2D eigenvalue weighted by Gasteiger charge is -2.33. The Balaban J connectivity index is 1.50. The van der Waals surface area contributed by atoms with Crippen molar-refractivity contribution in [3.63, 3.8) is 0 Å². The molecule has 2 fully saturated rings. The second kappa shape index (κ2) is 6.59. The largest absolute Gasteiger partial charge is 0.423 e. The normalized spacial score (nSPS) is 26.0. The van der Waals surface area contributed by atoms with Crippen molar-refractivity contribution in [3.8, 4) is 0 Å². The minimum Gasteiger partial charge on any atom is -0.423 e. The highest BCUT2D eigenvalue weighted by molar-refractivity contribution is 5.83. The Morgan fingerprint density at radius 3 is 2.76 bits per heavy atom. The molecule has 0 unspecified atom stereocenters. The summed E-state index contributed by atoms with van der Waals surface area (Å²) in [5.41, 5.74) is 1.24. The van der Waals surface area contributed by atoms with Crippen molar-refractivity contribution in [2.45, 2.75) is 38.1 Å². The van der Waals surface area contributed by atoms with Crippen LogP contribution in [0, 0.1) is 5.92 Å². The number of carbonyl (C=O) groups is 1. The number of hydrogen-bond donors (Lipinski definition) is 0. The van der Waals surface area contributed by atoms with Crippen LogP contribution in [0.4, 0.5) is 0 Å². The first-order valence-electron chi connectivity index (χ1n) is 8.91. The Labute approximate surface area is 147 Å². The molecule has 1 aliphatic heterocycles. The van der Waals surface area contributed by atoms with Crippen LogP contribution in [0.3, 0.4) is 0 Å². The zero-order chi connectivity index (χ0) is 17.4. The summed E-state index contributed by atoms with van der Waals surface area (Å²) >= 11 is 0. The average molecular weight is 341 g/mol. The molecule has 0 spiro atoms. The van der Waals surface area contributed by atoms with E-state index in [0.717, 1.165) is 6.42 Å². The Morgan fingerprint density at radius 2 is 2.04 bits per heavy atom. The van der Waals surface area contributed by atoms with Gasteiger partial charge in [0.05, 0.1) is 13.2 Å². The zero-order valence-corrected chi connectivity index (χ0v) is 14.6. The third kappa shape index (κ3) is 3.18. The second-order valence-corrected chi connectivity index (χ2v) is 7.11. The van der Waals surface area contributed by atoms with Gasteiger partial charge in [0.2, 0.25) is 17.7 Å². The molecule has 25 heavy (non-hydrogen) atoms. The lowest BCUT2D eigenvalue weighted by Crippen LogP contribution is -2.44. The SMILES string of the molecule is CC(C)c1nnc([C@@H]2COCCN2C(=O)[C@@H]2C[C@@H]2c2ccccc2)o1. The van der Waals surface area contributed by atoms with E-state index in [1.54, 1.807) is 0 Å². The van der Waals surface area contributed by atoms with Gasteiger partial charge in [-0.15, -0.1) is 10.2 Å². The fraction of sp³-hybridized carbons (Fsp3) is 0.526. The molecule has 1 aliphatic carbocycles. The highest BCUT2D eigenvalue weighted by atomic mass is 16.5. The molecule has 2 heterocycles. The van der Waals surface area contributed by atoms with Crippen molar-refractivity contribution < 1.29 is 13.9 Å². The van der Waals surface area contributed by atoms with Gasteiger partial charge in [0.15, 0.2) is 0 Å². The van der Waals surface area contributed by atoms with Gasteiger partial charge < -0.3 is 14.1 Å². The van der Waals surface area contributed by atoms with Gasteiger partial charge in [-0.3, -0.25) is 4.79 Å². The van der Waals surface area contributed by atoms with Gasteiger partial charge in [0.25, 0.3) is 0 Å². The van der Waals surface area contributed by atoms with Crippen LogP contribution in [0.15, 0.2) is 34.7 Å². The van der Waals surface area contributed by atoms with Crippen LogP contribution < -0.4 is 0 Å². The van der Waals surface area contributed by atoms with Gasteiger partial charge in [-0.25, -0.2) is 0 Å². The monoisotopic (exact) mass is 341 g/mol. The van der Waals surface area contributed by atoms with Crippen molar-refractivity contribution in [3.05, 3.63) is 47.7 Å². The number of benzene rings is 1. The number of amides is 1. The summed E-state index contributed by atoms with van der Waals surface area (Å²) in [4.78, 5) is 14.9. The number of rotatable bonds is 4. The molecule has 0 bridgehead atoms. The number of morpholine rings is 1. The van der Waals surface area contributed by atoms with Crippen molar-refractivity contribution >= 4 is 5.91 Å². The van der Waals surface area contributed by atoms with E-state index in [4.69, 9.17) is 9.15 Å². The van der Waals surface area contributed by atoms with Crippen LogP contribution in [0.25, 0.3) is 0 Å². The predicted molar refractivity (Wildman–Crippen MR) is 91.0 cm³/mol. The molecule has 0 N–H and O–H groups in total. The van der Waals surface area contributed by atoms with Crippen LogP contribution in [-0.4, -0.2) is 40.8 Å². The molecule has 132 valence electrons. The van der Waals surface area contributed by atoms with Gasteiger partial charge in [-0.1, -0.05) is 44.2 Å². The maximum atomic E-state index is 13.0. The number of ether oxygens (including phenoxy) is 1. The van der Waals surface area contributed by atoms with Crippen molar-refractivity contribution in [2.75, 3.05) is 19.8 Å². The van der Waals surface area contributed by atoms with Gasteiger partial charge in [-0.05, 0) is 17.9 Å². The summed E-state index contributed by atoms with van der Waals surface area (Å²) in [6.07, 6.45) is 0.911. The molecule has 2 aliphatic rings. The molecule has 1 amide bonds. The first-order chi connectivity index (χ1) is 12.1. The van der Waals surface area contributed by atoms with Crippen LogP contribution in [-0.2, 0) is 9.53 Å². The van der Waals surface area contributed by atoms with Crippen LogP contribution in [0.2, 0.25) is 0 Å². The quantitative estimate of drug-likeness (QED) is 0.855. The predicted octanol–water partition coefficient (Wildman–Crippen LogP) is 2.90. The number of aromatic nitrogens is 2. The molecule has 1 saturated carbocycles. The topological polar surface area (TPSA) is 68.5 Å². The molecular formula is C19H23N3O3. The fourth-order valence-corrected chi connectivity index (χ4v) is 3.44. The highest BCUT2D eigenvalue weighted by Crippen LogP contribution is 2.49. The number of hydrogen-bond acceptors (Lipinski definition) is 5. The maximum Gasteiger partial charge on any atom is 0.241 e. The minimum absolute atomic E-state index is 0.0514. The Bertz CT molecular complexity index is 743. The summed E-state index contributed by atoms with van der Waals surface area (Å²) in [6.45, 7) is 5.55. The van der Waals surface area contributed by atoms with Crippen LogP contribution in [0.5, 0.6) is 0 Å². The molecule has 6 nitrogen and oxygen atoms in total. The van der Waals surface area contributed by atoms with Crippen LogP contribution in [0.1, 0.15) is 55.5 Å². The molecule has 3 atom stereocenters. The van der Waals surface area contributed by atoms with E-state index in [9.17, 15) is 4.79 Å². The van der Waals surface area contributed by atoms with Gasteiger partial charge >= 0.3 is 0 Å². The maximum absolute atomic E-state index is 13.0. The molecule has 6 heteroatoms. The molecule has 4 rings (SSSR count). The van der Waals surface area contributed by atoms with E-state index in [2.05, 4.69) is 22.3 Å². The second-order valence-electron chi connectivity index (χ2n) is 7.11. The van der Waals surface area contributed by atoms with E-state index in [1.165, 1.54) is 5.56 Å². The number of nitrogens with zero attached hydrogens (tertiary/aromatic N) is 3. The molecule has 1 aromatic heterocycles. The molecule has 1 saturated heterocycles. The first kappa shape index (κ1) is 16.3. The molecule has 1 aromatic carbocycles. The summed E-state index contributed by atoms with van der Waals surface area (Å²) < 4.78 is 11.4.